The van der Waals surface area contributed by atoms with E-state index >= 15 is 0 Å². The van der Waals surface area contributed by atoms with E-state index in [2.05, 4.69) is 45.9 Å². The summed E-state index contributed by atoms with van der Waals surface area (Å²) in [5.74, 6) is 0. The average molecular weight is 248 g/mol. The van der Waals surface area contributed by atoms with E-state index in [4.69, 9.17) is 9.98 Å². The third kappa shape index (κ3) is 2.71. The van der Waals surface area contributed by atoms with E-state index < -0.39 is 0 Å². The summed E-state index contributed by atoms with van der Waals surface area (Å²) in [7, 11) is 0. The predicted octanol–water partition coefficient (Wildman–Crippen LogP) is 3.99. The number of rotatable bonds is 2. The number of allylic oxidation sites excluding steroid dienone is 3. The van der Waals surface area contributed by atoms with Crippen molar-refractivity contribution in [2.75, 3.05) is 0 Å². The molecule has 0 fully saturated rings. The van der Waals surface area contributed by atoms with Crippen molar-refractivity contribution in [3.05, 3.63) is 23.9 Å². The first-order valence-electron chi connectivity index (χ1n) is 6.24. The third-order valence-electron chi connectivity index (χ3n) is 3.28. The van der Waals surface area contributed by atoms with Crippen molar-refractivity contribution >= 4 is 22.5 Å². The Morgan fingerprint density at radius 2 is 2.24 bits per heavy atom. The van der Waals surface area contributed by atoms with Crippen molar-refractivity contribution in [2.45, 2.75) is 51.3 Å². The first-order chi connectivity index (χ1) is 8.03. The van der Waals surface area contributed by atoms with Crippen molar-refractivity contribution in [2.24, 2.45) is 9.98 Å². The SMILES string of the molecule is CCC1=NC(C2=NC(C)C(C)(C)S2)=CCC=C1. The Hall–Kier alpha value is -0.830. The van der Waals surface area contributed by atoms with Crippen molar-refractivity contribution in [3.63, 3.8) is 0 Å². The number of hydrogen-bond acceptors (Lipinski definition) is 3. The summed E-state index contributed by atoms with van der Waals surface area (Å²) in [5, 5.41) is 1.11. The first-order valence-corrected chi connectivity index (χ1v) is 7.06. The Morgan fingerprint density at radius 1 is 1.47 bits per heavy atom. The summed E-state index contributed by atoms with van der Waals surface area (Å²) in [5.41, 5.74) is 2.21. The Labute approximate surface area is 108 Å². The van der Waals surface area contributed by atoms with Crippen LogP contribution in [0.2, 0.25) is 0 Å². The van der Waals surface area contributed by atoms with E-state index in [1.165, 1.54) is 0 Å². The van der Waals surface area contributed by atoms with Gasteiger partial charge in [-0.15, -0.1) is 0 Å². The van der Waals surface area contributed by atoms with Crippen molar-refractivity contribution in [1.29, 1.82) is 0 Å². The molecule has 0 N–H and O–H groups in total. The van der Waals surface area contributed by atoms with Gasteiger partial charge < -0.3 is 0 Å². The van der Waals surface area contributed by atoms with Crippen LogP contribution in [0.4, 0.5) is 0 Å². The van der Waals surface area contributed by atoms with E-state index in [1.54, 1.807) is 0 Å². The standard InChI is InChI=1S/C14H20N2S/c1-5-11-8-6-7-9-12(16-11)13-15-10(2)14(3,4)17-13/h6,8-10H,5,7H2,1-4H3. The lowest BCUT2D eigenvalue weighted by molar-refractivity contribution is 0.594. The second-order valence-corrected chi connectivity index (χ2v) is 6.64. The molecule has 0 amide bonds. The number of aliphatic imine (C=N–C) groups is 2. The highest BCUT2D eigenvalue weighted by Gasteiger charge is 2.35. The molecular formula is C14H20N2S. The maximum atomic E-state index is 4.75. The highest BCUT2D eigenvalue weighted by atomic mass is 32.2. The fourth-order valence-electron chi connectivity index (χ4n) is 1.76. The van der Waals surface area contributed by atoms with Crippen molar-refractivity contribution in [1.82, 2.24) is 0 Å². The summed E-state index contributed by atoms with van der Waals surface area (Å²) in [6, 6.07) is 0.361. The lowest BCUT2D eigenvalue weighted by Crippen LogP contribution is -2.24. The van der Waals surface area contributed by atoms with Gasteiger partial charge >= 0.3 is 0 Å². The van der Waals surface area contributed by atoms with Gasteiger partial charge in [-0.25, -0.2) is 0 Å². The minimum Gasteiger partial charge on any atom is -0.272 e. The molecule has 0 aromatic rings. The largest absolute Gasteiger partial charge is 0.272 e. The molecule has 0 bridgehead atoms. The molecule has 0 aliphatic carbocycles. The molecule has 1 atom stereocenters. The molecule has 2 heterocycles. The van der Waals surface area contributed by atoms with Crippen LogP contribution >= 0.6 is 11.8 Å². The van der Waals surface area contributed by atoms with Gasteiger partial charge in [-0.05, 0) is 39.7 Å². The zero-order chi connectivity index (χ0) is 12.5. The van der Waals surface area contributed by atoms with Crippen LogP contribution < -0.4 is 0 Å². The molecule has 1 unspecified atom stereocenters. The molecular weight excluding hydrogens is 228 g/mol. The molecule has 2 rings (SSSR count). The fraction of sp³-hybridized carbons (Fsp3) is 0.571. The van der Waals surface area contributed by atoms with E-state index in [1.807, 2.05) is 11.8 Å². The monoisotopic (exact) mass is 248 g/mol. The molecule has 2 nitrogen and oxygen atoms in total. The van der Waals surface area contributed by atoms with Gasteiger partial charge in [0.15, 0.2) is 0 Å². The molecule has 17 heavy (non-hydrogen) atoms. The lowest BCUT2D eigenvalue weighted by atomic mass is 10.1. The maximum Gasteiger partial charge on any atom is 0.117 e. The van der Waals surface area contributed by atoms with E-state index in [-0.39, 0.29) is 4.75 Å². The van der Waals surface area contributed by atoms with Gasteiger partial charge in [0.1, 0.15) is 5.04 Å². The van der Waals surface area contributed by atoms with E-state index in [0.29, 0.717) is 6.04 Å². The molecule has 3 heteroatoms. The number of thioether (sulfide) groups is 1. The summed E-state index contributed by atoms with van der Waals surface area (Å²) in [4.78, 5) is 9.47. The summed E-state index contributed by atoms with van der Waals surface area (Å²) >= 11 is 1.85. The van der Waals surface area contributed by atoms with Crippen LogP contribution in [0.15, 0.2) is 33.9 Å². The molecule has 0 aromatic heterocycles. The lowest BCUT2D eigenvalue weighted by Gasteiger charge is -2.20. The van der Waals surface area contributed by atoms with Crippen LogP contribution in [0, 0.1) is 0 Å². The van der Waals surface area contributed by atoms with Crippen molar-refractivity contribution < 1.29 is 0 Å². The maximum absolute atomic E-state index is 4.75. The zero-order valence-electron chi connectivity index (χ0n) is 11.0. The van der Waals surface area contributed by atoms with Crippen LogP contribution in [0.5, 0.6) is 0 Å². The van der Waals surface area contributed by atoms with Crippen LogP contribution in [-0.2, 0) is 0 Å². The van der Waals surface area contributed by atoms with E-state index in [0.717, 1.165) is 29.3 Å². The third-order valence-corrected chi connectivity index (χ3v) is 4.65. The predicted molar refractivity (Wildman–Crippen MR) is 78.1 cm³/mol. The fourth-order valence-corrected chi connectivity index (χ4v) is 2.93. The second-order valence-electron chi connectivity index (χ2n) is 5.00. The zero-order valence-corrected chi connectivity index (χ0v) is 11.8. The van der Waals surface area contributed by atoms with Crippen LogP contribution in [0.25, 0.3) is 0 Å². The Balaban J connectivity index is 2.25. The molecule has 0 saturated carbocycles. The van der Waals surface area contributed by atoms with Crippen LogP contribution in [-0.4, -0.2) is 21.5 Å². The topological polar surface area (TPSA) is 24.7 Å². The molecule has 0 radical (unpaired) electrons. The highest BCUT2D eigenvalue weighted by molar-refractivity contribution is 8.15. The second kappa shape index (κ2) is 4.81. The first kappa shape index (κ1) is 12.6. The molecule has 2 aliphatic rings. The smallest absolute Gasteiger partial charge is 0.117 e. The Kier molecular flexibility index (Phi) is 3.57. The summed E-state index contributed by atoms with van der Waals surface area (Å²) < 4.78 is 0.192. The van der Waals surface area contributed by atoms with Gasteiger partial charge in [0.2, 0.25) is 0 Å². The summed E-state index contributed by atoms with van der Waals surface area (Å²) in [6.07, 6.45) is 8.41. The molecule has 0 spiro atoms. The van der Waals surface area contributed by atoms with E-state index in [9.17, 15) is 0 Å². The minimum atomic E-state index is 0.192. The normalized spacial score (nSPS) is 27.3. The molecule has 0 saturated heterocycles. The van der Waals surface area contributed by atoms with Gasteiger partial charge in [0.25, 0.3) is 0 Å². The molecule has 2 aliphatic heterocycles. The highest BCUT2D eigenvalue weighted by Crippen LogP contribution is 2.40. The Bertz CT molecular complexity index is 428. The summed E-state index contributed by atoms with van der Waals surface area (Å²) in [6.45, 7) is 8.82. The minimum absolute atomic E-state index is 0.192. The van der Waals surface area contributed by atoms with Gasteiger partial charge in [-0.2, -0.15) is 0 Å². The average Bonchev–Trinajstić information content (AvgIpc) is 2.49. The molecule has 0 aromatic carbocycles. The van der Waals surface area contributed by atoms with Gasteiger partial charge in [0, 0.05) is 10.5 Å². The quantitative estimate of drug-likeness (QED) is 0.725. The number of hydrogen-bond donors (Lipinski definition) is 0. The van der Waals surface area contributed by atoms with Crippen LogP contribution in [0.1, 0.15) is 40.5 Å². The van der Waals surface area contributed by atoms with Gasteiger partial charge in [0.05, 0.1) is 11.7 Å². The molecule has 92 valence electrons. The van der Waals surface area contributed by atoms with Crippen LogP contribution in [0.3, 0.4) is 0 Å². The Morgan fingerprint density at radius 3 is 2.82 bits per heavy atom. The van der Waals surface area contributed by atoms with Gasteiger partial charge in [-0.1, -0.05) is 30.8 Å². The number of nitrogens with zero attached hydrogens (tertiary/aromatic N) is 2. The van der Waals surface area contributed by atoms with Crippen molar-refractivity contribution in [3.8, 4) is 0 Å². The van der Waals surface area contributed by atoms with Gasteiger partial charge in [-0.3, -0.25) is 9.98 Å².